The van der Waals surface area contributed by atoms with Gasteiger partial charge in [-0.1, -0.05) is 24.1 Å². The van der Waals surface area contributed by atoms with Crippen LogP contribution in [-0.4, -0.2) is 51.9 Å². The van der Waals surface area contributed by atoms with E-state index in [0.717, 1.165) is 63.4 Å². The first-order chi connectivity index (χ1) is 13.6. The molecule has 8 heteroatoms. The van der Waals surface area contributed by atoms with Crippen molar-refractivity contribution in [2.24, 2.45) is 0 Å². The van der Waals surface area contributed by atoms with Crippen LogP contribution in [0.4, 0.5) is 0 Å². The molecule has 1 fully saturated rings. The van der Waals surface area contributed by atoms with Crippen LogP contribution in [0.3, 0.4) is 0 Å². The number of hydrogen-bond donors (Lipinski definition) is 1. The lowest BCUT2D eigenvalue weighted by molar-refractivity contribution is -0.112. The Morgan fingerprint density at radius 2 is 2.36 bits per heavy atom. The Labute approximate surface area is 176 Å². The van der Waals surface area contributed by atoms with Crippen LogP contribution in [-0.2, 0) is 36.3 Å². The minimum Gasteiger partial charge on any atom is -0.370 e. The molecule has 0 amide bonds. The number of piperidine rings is 1. The van der Waals surface area contributed by atoms with Gasteiger partial charge in [0.05, 0.1) is 24.4 Å². The number of nitrogens with one attached hydrogen (secondary N) is 1. The van der Waals surface area contributed by atoms with E-state index in [-0.39, 0.29) is 5.60 Å². The monoisotopic (exact) mass is 421 g/mol. The summed E-state index contributed by atoms with van der Waals surface area (Å²) in [4.78, 5) is 5.59. The van der Waals surface area contributed by atoms with E-state index in [2.05, 4.69) is 46.0 Å². The number of fused-ring (bicyclic) bond motifs is 2. The summed E-state index contributed by atoms with van der Waals surface area (Å²) < 4.78 is 11.5. The highest BCUT2D eigenvalue weighted by Crippen LogP contribution is 2.46. The average Bonchev–Trinajstić information content (AvgIpc) is 3.32. The normalized spacial score (nSPS) is 25.3. The van der Waals surface area contributed by atoms with Crippen LogP contribution in [0.15, 0.2) is 12.3 Å². The summed E-state index contributed by atoms with van der Waals surface area (Å²) in [5, 5.41) is 8.67. The van der Waals surface area contributed by atoms with Crippen LogP contribution in [0, 0.1) is 0 Å². The van der Waals surface area contributed by atoms with Gasteiger partial charge in [0.15, 0.2) is 0 Å². The maximum Gasteiger partial charge on any atom is 0.0969 e. The van der Waals surface area contributed by atoms with Crippen molar-refractivity contribution in [1.82, 2.24) is 24.6 Å². The van der Waals surface area contributed by atoms with E-state index in [1.807, 2.05) is 23.1 Å². The van der Waals surface area contributed by atoms with Gasteiger partial charge >= 0.3 is 0 Å². The average molecular weight is 422 g/mol. The molecule has 0 aromatic carbocycles. The molecule has 0 bridgehead atoms. The third kappa shape index (κ3) is 4.16. The minimum absolute atomic E-state index is 0.0740. The van der Waals surface area contributed by atoms with E-state index in [9.17, 15) is 0 Å². The molecule has 2 aromatic heterocycles. The predicted molar refractivity (Wildman–Crippen MR) is 116 cm³/mol. The second-order valence-corrected chi connectivity index (χ2v) is 10.1. The first-order valence-corrected chi connectivity index (χ1v) is 12.1. The number of ether oxygens (including phenoxy) is 1. The molecule has 1 saturated heterocycles. The zero-order chi connectivity index (χ0) is 19.6. The Bertz CT molecular complexity index is 791. The van der Waals surface area contributed by atoms with Crippen LogP contribution < -0.4 is 4.72 Å². The second-order valence-electron chi connectivity index (χ2n) is 7.80. The van der Waals surface area contributed by atoms with Gasteiger partial charge in [-0.15, -0.1) is 16.4 Å². The lowest BCUT2D eigenvalue weighted by Gasteiger charge is -2.47. The van der Waals surface area contributed by atoms with Gasteiger partial charge in [-0.05, 0) is 44.9 Å². The van der Waals surface area contributed by atoms with Gasteiger partial charge in [-0.2, -0.15) is 0 Å². The molecule has 0 aliphatic carbocycles. The lowest BCUT2D eigenvalue weighted by atomic mass is 9.79. The highest BCUT2D eigenvalue weighted by Gasteiger charge is 2.44. The van der Waals surface area contributed by atoms with Crippen molar-refractivity contribution in [2.75, 3.05) is 26.0 Å². The summed E-state index contributed by atoms with van der Waals surface area (Å²) in [6.07, 6.45) is 6.42. The molecule has 0 radical (unpaired) electrons. The van der Waals surface area contributed by atoms with Crippen LogP contribution >= 0.6 is 23.3 Å². The van der Waals surface area contributed by atoms with Crippen LogP contribution in [0.2, 0.25) is 0 Å². The Hall–Kier alpha value is -0.930. The number of aryl methyl sites for hydroxylation is 2. The summed E-state index contributed by atoms with van der Waals surface area (Å²) in [5.41, 5.74) is 2.47. The van der Waals surface area contributed by atoms with Crippen molar-refractivity contribution < 1.29 is 4.74 Å². The fraction of sp³-hybridized carbons (Fsp3) is 0.700. The van der Waals surface area contributed by atoms with Crippen LogP contribution in [0.5, 0.6) is 0 Å². The highest BCUT2D eigenvalue weighted by atomic mass is 32.2. The Morgan fingerprint density at radius 1 is 1.46 bits per heavy atom. The SMILES string of the molecule is CCc1cc2c(s1)CCOC21CCN(Cc2cn(CCSNC)nn2)[C@@H](C)C1. The Kier molecular flexibility index (Phi) is 6.42. The summed E-state index contributed by atoms with van der Waals surface area (Å²) >= 11 is 3.69. The molecular formula is C20H31N5OS2. The molecule has 6 nitrogen and oxygen atoms in total. The zero-order valence-electron chi connectivity index (χ0n) is 17.1. The maximum atomic E-state index is 6.46. The molecule has 1 spiro atoms. The fourth-order valence-electron chi connectivity index (χ4n) is 4.48. The van der Waals surface area contributed by atoms with E-state index in [1.165, 1.54) is 10.4 Å². The van der Waals surface area contributed by atoms with Crippen molar-refractivity contribution >= 4 is 23.3 Å². The molecule has 2 aliphatic heterocycles. The minimum atomic E-state index is -0.0740. The van der Waals surface area contributed by atoms with E-state index in [1.54, 1.807) is 16.8 Å². The summed E-state index contributed by atoms with van der Waals surface area (Å²) in [5.74, 6) is 0.988. The smallest absolute Gasteiger partial charge is 0.0969 e. The number of thiophene rings is 1. The standard InChI is InChI=1S/C20H31N5OS2/c1-4-17-11-18-19(28-17)5-9-26-20(18)6-7-24(15(2)12-20)13-16-14-25(23-22-16)8-10-27-21-3/h11,14-15,21H,4-10,12-13H2,1-3H3/t15-,20?/m0/s1. The first kappa shape index (κ1) is 20.3. The number of nitrogens with zero attached hydrogens (tertiary/aromatic N) is 4. The van der Waals surface area contributed by atoms with Crippen molar-refractivity contribution in [2.45, 2.75) is 64.3 Å². The molecule has 1 N–H and O–H groups in total. The molecule has 28 heavy (non-hydrogen) atoms. The fourth-order valence-corrected chi connectivity index (χ4v) is 6.14. The van der Waals surface area contributed by atoms with Crippen molar-refractivity contribution in [3.05, 3.63) is 33.3 Å². The van der Waals surface area contributed by atoms with Gasteiger partial charge in [-0.25, -0.2) is 0 Å². The molecular weight excluding hydrogens is 390 g/mol. The van der Waals surface area contributed by atoms with E-state index in [0.29, 0.717) is 6.04 Å². The van der Waals surface area contributed by atoms with Crippen molar-refractivity contribution in [3.8, 4) is 0 Å². The number of aromatic nitrogens is 3. The molecule has 2 aliphatic rings. The second kappa shape index (κ2) is 8.83. The Morgan fingerprint density at radius 3 is 3.14 bits per heavy atom. The van der Waals surface area contributed by atoms with Gasteiger partial charge in [0.25, 0.3) is 0 Å². The molecule has 4 rings (SSSR count). The molecule has 154 valence electrons. The molecule has 0 saturated carbocycles. The summed E-state index contributed by atoms with van der Waals surface area (Å²) in [7, 11) is 1.94. The van der Waals surface area contributed by atoms with Crippen molar-refractivity contribution in [3.63, 3.8) is 0 Å². The molecule has 4 heterocycles. The first-order valence-electron chi connectivity index (χ1n) is 10.3. The molecule has 2 aromatic rings. The van der Waals surface area contributed by atoms with Crippen LogP contribution in [0.1, 0.15) is 47.7 Å². The van der Waals surface area contributed by atoms with E-state index in [4.69, 9.17) is 4.74 Å². The molecule has 1 unspecified atom stereocenters. The zero-order valence-corrected chi connectivity index (χ0v) is 18.7. The largest absolute Gasteiger partial charge is 0.370 e. The Balaban J connectivity index is 1.40. The molecule has 2 atom stereocenters. The predicted octanol–water partition coefficient (Wildman–Crippen LogP) is 3.22. The van der Waals surface area contributed by atoms with Gasteiger partial charge < -0.3 is 4.74 Å². The third-order valence-corrected chi connectivity index (χ3v) is 7.99. The van der Waals surface area contributed by atoms with E-state index >= 15 is 0 Å². The topological polar surface area (TPSA) is 55.2 Å². The summed E-state index contributed by atoms with van der Waals surface area (Å²) in [6.45, 7) is 8.24. The lowest BCUT2D eigenvalue weighted by Crippen LogP contribution is -2.50. The maximum absolute atomic E-state index is 6.46. The number of hydrogen-bond acceptors (Lipinski definition) is 7. The van der Waals surface area contributed by atoms with Gasteiger partial charge in [0, 0.05) is 47.3 Å². The van der Waals surface area contributed by atoms with Crippen LogP contribution in [0.25, 0.3) is 0 Å². The van der Waals surface area contributed by atoms with Crippen molar-refractivity contribution in [1.29, 1.82) is 0 Å². The quantitative estimate of drug-likeness (QED) is 0.547. The highest BCUT2D eigenvalue weighted by molar-refractivity contribution is 7.97. The van der Waals surface area contributed by atoms with Gasteiger partial charge in [0.1, 0.15) is 0 Å². The van der Waals surface area contributed by atoms with E-state index < -0.39 is 0 Å². The number of rotatable bonds is 7. The third-order valence-electron chi connectivity index (χ3n) is 5.98. The number of likely N-dealkylation sites (tertiary alicyclic amines) is 1. The van der Waals surface area contributed by atoms with Gasteiger partial charge in [-0.3, -0.25) is 14.3 Å². The van der Waals surface area contributed by atoms with Gasteiger partial charge in [0.2, 0.25) is 0 Å². The summed E-state index contributed by atoms with van der Waals surface area (Å²) in [6, 6.07) is 2.89.